The Morgan fingerprint density at radius 1 is 0.939 bits per heavy atom. The zero-order chi connectivity index (χ0) is 23.2. The Hall–Kier alpha value is -4.05. The van der Waals surface area contributed by atoms with Crippen LogP contribution in [0.5, 0.6) is 5.75 Å². The minimum atomic E-state index is -4.03. The largest absolute Gasteiger partial charge is 0.497 e. The molecule has 0 amide bonds. The first-order valence-electron chi connectivity index (χ1n) is 9.93. The van der Waals surface area contributed by atoms with E-state index in [0.717, 1.165) is 27.5 Å². The number of hydrogen-bond donors (Lipinski definition) is 0. The molecule has 0 bridgehead atoms. The van der Waals surface area contributed by atoms with Crippen molar-refractivity contribution < 1.29 is 17.5 Å². The van der Waals surface area contributed by atoms with Gasteiger partial charge in [0.2, 0.25) is 5.65 Å². The highest BCUT2D eigenvalue weighted by atomic mass is 32.2. The normalized spacial score (nSPS) is 11.7. The van der Waals surface area contributed by atoms with E-state index in [9.17, 15) is 12.8 Å². The molecule has 0 radical (unpaired) electrons. The zero-order valence-corrected chi connectivity index (χ0v) is 18.5. The molecule has 33 heavy (non-hydrogen) atoms. The van der Waals surface area contributed by atoms with E-state index in [0.29, 0.717) is 17.1 Å². The maximum atomic E-state index is 13.3. The minimum Gasteiger partial charge on any atom is -0.497 e. The van der Waals surface area contributed by atoms with Crippen molar-refractivity contribution in [1.82, 2.24) is 19.6 Å². The van der Waals surface area contributed by atoms with Crippen LogP contribution in [0.3, 0.4) is 0 Å². The molecular formula is C23H18FN5O3S. The monoisotopic (exact) mass is 463 g/mol. The molecule has 0 aliphatic rings. The second kappa shape index (κ2) is 7.82. The Kier molecular flexibility index (Phi) is 4.94. The van der Waals surface area contributed by atoms with E-state index >= 15 is 0 Å². The molecule has 0 aliphatic carbocycles. The van der Waals surface area contributed by atoms with E-state index in [1.54, 1.807) is 17.6 Å². The van der Waals surface area contributed by atoms with Gasteiger partial charge in [0.25, 0.3) is 10.0 Å². The van der Waals surface area contributed by atoms with Crippen LogP contribution >= 0.6 is 0 Å². The number of methoxy groups -OCH3 is 1. The summed E-state index contributed by atoms with van der Waals surface area (Å²) in [6, 6.07) is 19.3. The molecule has 0 fully saturated rings. The third-order valence-corrected chi connectivity index (χ3v) is 7.09. The first-order chi connectivity index (χ1) is 15.9. The fourth-order valence-electron chi connectivity index (χ4n) is 3.59. The Bertz CT molecular complexity index is 1580. The smallest absolute Gasteiger partial charge is 0.265 e. The summed E-state index contributed by atoms with van der Waals surface area (Å²) in [7, 11) is -1.05. The highest BCUT2D eigenvalue weighted by molar-refractivity contribution is 7.92. The number of ether oxygens (including phenoxy) is 1. The van der Waals surface area contributed by atoms with Gasteiger partial charge in [0.05, 0.1) is 23.0 Å². The van der Waals surface area contributed by atoms with Crippen molar-refractivity contribution in [3.63, 3.8) is 0 Å². The van der Waals surface area contributed by atoms with E-state index < -0.39 is 15.8 Å². The standard InChI is InChI=1S/C23H18FN5O3S/c1-28(33(30,31)18-13-9-16(24)10-14-18)22-23-27-26-21(15-7-11-17(32-2)12-8-15)29(23)20-6-4-3-5-19(20)25-22/h3-14H,1-2H3. The number of para-hydroxylation sites is 2. The first kappa shape index (κ1) is 20.8. The summed E-state index contributed by atoms with van der Waals surface area (Å²) in [5, 5.41) is 8.62. The second-order valence-electron chi connectivity index (χ2n) is 7.26. The predicted molar refractivity (Wildman–Crippen MR) is 122 cm³/mol. The average Bonchev–Trinajstić information content (AvgIpc) is 3.29. The lowest BCUT2D eigenvalue weighted by Crippen LogP contribution is -2.28. The van der Waals surface area contributed by atoms with Gasteiger partial charge in [-0.3, -0.25) is 4.40 Å². The first-order valence-corrected chi connectivity index (χ1v) is 11.4. The Morgan fingerprint density at radius 3 is 2.33 bits per heavy atom. The lowest BCUT2D eigenvalue weighted by Gasteiger charge is -2.19. The van der Waals surface area contributed by atoms with E-state index in [1.807, 2.05) is 42.5 Å². The second-order valence-corrected chi connectivity index (χ2v) is 9.23. The molecule has 166 valence electrons. The van der Waals surface area contributed by atoms with Crippen LogP contribution in [0.4, 0.5) is 10.2 Å². The van der Waals surface area contributed by atoms with Crippen LogP contribution in [0.1, 0.15) is 0 Å². The van der Waals surface area contributed by atoms with Gasteiger partial charge in [0.1, 0.15) is 11.6 Å². The number of benzene rings is 3. The lowest BCUT2D eigenvalue weighted by molar-refractivity contribution is 0.415. The lowest BCUT2D eigenvalue weighted by atomic mass is 10.2. The fraction of sp³-hybridized carbons (Fsp3) is 0.0870. The highest BCUT2D eigenvalue weighted by Gasteiger charge is 2.27. The van der Waals surface area contributed by atoms with Crippen LogP contribution in [-0.4, -0.2) is 42.2 Å². The maximum Gasteiger partial charge on any atom is 0.265 e. The highest BCUT2D eigenvalue weighted by Crippen LogP contribution is 2.31. The molecular weight excluding hydrogens is 445 g/mol. The van der Waals surface area contributed by atoms with Crippen LogP contribution in [0.25, 0.3) is 28.1 Å². The summed E-state index contributed by atoms with van der Waals surface area (Å²) in [4.78, 5) is 4.52. The fourth-order valence-corrected chi connectivity index (χ4v) is 4.73. The number of fused-ring (bicyclic) bond motifs is 3. The Balaban J connectivity index is 1.74. The molecule has 2 heterocycles. The van der Waals surface area contributed by atoms with Gasteiger partial charge < -0.3 is 4.74 Å². The average molecular weight is 463 g/mol. The number of aromatic nitrogens is 4. The maximum absolute atomic E-state index is 13.3. The number of anilines is 1. The molecule has 10 heteroatoms. The Labute approximate surface area is 189 Å². The van der Waals surface area contributed by atoms with Crippen molar-refractivity contribution in [3.05, 3.63) is 78.6 Å². The van der Waals surface area contributed by atoms with Crippen molar-refractivity contribution in [2.75, 3.05) is 18.5 Å². The topological polar surface area (TPSA) is 89.7 Å². The molecule has 0 atom stereocenters. The van der Waals surface area contributed by atoms with Gasteiger partial charge in [-0.2, -0.15) is 0 Å². The van der Waals surface area contributed by atoms with E-state index in [1.165, 1.54) is 19.2 Å². The van der Waals surface area contributed by atoms with Crippen molar-refractivity contribution in [1.29, 1.82) is 0 Å². The molecule has 0 aliphatic heterocycles. The SMILES string of the molecule is COc1ccc(-c2nnc3c(N(C)S(=O)(=O)c4ccc(F)cc4)nc4ccccc4n23)cc1. The van der Waals surface area contributed by atoms with Crippen molar-refractivity contribution in [2.24, 2.45) is 0 Å². The van der Waals surface area contributed by atoms with Gasteiger partial charge in [-0.1, -0.05) is 12.1 Å². The molecule has 2 aromatic heterocycles. The molecule has 0 spiro atoms. The quantitative estimate of drug-likeness (QED) is 0.393. The molecule has 3 aromatic carbocycles. The van der Waals surface area contributed by atoms with Crippen LogP contribution < -0.4 is 9.04 Å². The molecule has 0 saturated heterocycles. The van der Waals surface area contributed by atoms with E-state index in [-0.39, 0.29) is 16.4 Å². The van der Waals surface area contributed by atoms with Crippen LogP contribution in [0, 0.1) is 5.82 Å². The van der Waals surface area contributed by atoms with Crippen LogP contribution in [0.15, 0.2) is 77.7 Å². The van der Waals surface area contributed by atoms with Gasteiger partial charge in [-0.05, 0) is 60.7 Å². The molecule has 0 saturated carbocycles. The zero-order valence-electron chi connectivity index (χ0n) is 17.7. The van der Waals surface area contributed by atoms with Gasteiger partial charge in [0.15, 0.2) is 11.6 Å². The summed E-state index contributed by atoms with van der Waals surface area (Å²) in [5.74, 6) is 0.805. The van der Waals surface area contributed by atoms with E-state index in [4.69, 9.17) is 4.74 Å². The van der Waals surface area contributed by atoms with Gasteiger partial charge >= 0.3 is 0 Å². The summed E-state index contributed by atoms with van der Waals surface area (Å²) < 4.78 is 47.9. The number of sulfonamides is 1. The number of hydrogen-bond acceptors (Lipinski definition) is 6. The molecule has 8 nitrogen and oxygen atoms in total. The Morgan fingerprint density at radius 2 is 1.64 bits per heavy atom. The molecule has 5 aromatic rings. The van der Waals surface area contributed by atoms with Gasteiger partial charge in [-0.15, -0.1) is 10.2 Å². The summed E-state index contributed by atoms with van der Waals surface area (Å²) >= 11 is 0. The molecule has 0 unspecified atom stereocenters. The number of halogens is 1. The van der Waals surface area contributed by atoms with Crippen LogP contribution in [0.2, 0.25) is 0 Å². The van der Waals surface area contributed by atoms with Crippen molar-refractivity contribution >= 4 is 32.5 Å². The van der Waals surface area contributed by atoms with Crippen LogP contribution in [-0.2, 0) is 10.0 Å². The predicted octanol–water partition coefficient (Wildman–Crippen LogP) is 3.92. The van der Waals surface area contributed by atoms with Crippen molar-refractivity contribution in [3.8, 4) is 17.1 Å². The minimum absolute atomic E-state index is 0.0607. The van der Waals surface area contributed by atoms with Gasteiger partial charge in [-0.25, -0.2) is 22.1 Å². The summed E-state index contributed by atoms with van der Waals surface area (Å²) in [6.07, 6.45) is 0. The van der Waals surface area contributed by atoms with Crippen molar-refractivity contribution in [2.45, 2.75) is 4.90 Å². The molecule has 5 rings (SSSR count). The summed E-state index contributed by atoms with van der Waals surface area (Å²) in [6.45, 7) is 0. The third kappa shape index (κ3) is 3.44. The number of rotatable bonds is 5. The number of nitrogens with zero attached hydrogens (tertiary/aromatic N) is 5. The summed E-state index contributed by atoms with van der Waals surface area (Å²) in [5.41, 5.74) is 2.33. The van der Waals surface area contributed by atoms with Gasteiger partial charge in [0, 0.05) is 12.6 Å². The molecule has 0 N–H and O–H groups in total. The third-order valence-electron chi connectivity index (χ3n) is 5.33. The van der Waals surface area contributed by atoms with E-state index in [2.05, 4.69) is 15.2 Å².